The summed E-state index contributed by atoms with van der Waals surface area (Å²) >= 11 is 0. The summed E-state index contributed by atoms with van der Waals surface area (Å²) in [7, 11) is 0. The van der Waals surface area contributed by atoms with E-state index in [9.17, 15) is 57.5 Å². The van der Waals surface area contributed by atoms with Crippen molar-refractivity contribution in [2.24, 2.45) is 71.6 Å². The lowest BCUT2D eigenvalue weighted by atomic mass is 10.1. The van der Waals surface area contributed by atoms with E-state index in [0.29, 0.717) is 142 Å². The highest BCUT2D eigenvalue weighted by molar-refractivity contribution is 5.86. The molecule has 37 nitrogen and oxygen atoms in total. The first-order valence-corrected chi connectivity index (χ1v) is 38.7. The SMILES string of the molecule is C=C(O)CCCCCC(=O)N[C@@H](CCCN=C(N)N)C(=O)O.C=C(O)CCCCCCCC(=O)N[C@@H](CCCN=C(N)N)C(=O)O.CC(=O)CCCCCCC(=O)N[C@@H](CCCCN)C(=O)O.CC(=O)CCCCCCC(=O)N[C@@H](CCCN=C(N)N)C(=O)O.CCCCCCCC(=O)N[C@@H](CCCN=C(N)N)C(=O)O. The molecule has 0 aromatic rings. The molecule has 0 aliphatic carbocycles. The number of amides is 5. The number of nitrogens with one attached hydrogen (secondary N) is 5. The minimum Gasteiger partial charge on any atom is -0.513 e. The Labute approximate surface area is 655 Å². The molecule has 0 bridgehead atoms. The fourth-order valence-electron chi connectivity index (χ4n) is 9.98. The van der Waals surface area contributed by atoms with Gasteiger partial charge >= 0.3 is 29.8 Å². The van der Waals surface area contributed by atoms with Crippen LogP contribution in [0.1, 0.15) is 284 Å². The van der Waals surface area contributed by atoms with Crippen LogP contribution in [0.15, 0.2) is 44.6 Å². The van der Waals surface area contributed by atoms with Crippen molar-refractivity contribution >= 4 is 94.8 Å². The van der Waals surface area contributed by atoms with E-state index in [2.05, 4.69) is 66.6 Å². The van der Waals surface area contributed by atoms with Gasteiger partial charge in [-0.1, -0.05) is 97.1 Å². The van der Waals surface area contributed by atoms with Crippen molar-refractivity contribution in [3.63, 3.8) is 0 Å². The second-order valence-corrected chi connectivity index (χ2v) is 26.7. The van der Waals surface area contributed by atoms with Gasteiger partial charge in [0.2, 0.25) is 29.5 Å². The lowest BCUT2D eigenvalue weighted by Crippen LogP contribution is -2.40. The Hall–Kier alpha value is -9.84. The number of carboxylic acid groups (broad SMARTS) is 5. The van der Waals surface area contributed by atoms with Gasteiger partial charge in [-0.2, -0.15) is 0 Å². The molecule has 0 spiro atoms. The molecule has 0 saturated carbocycles. The number of carboxylic acids is 5. The topological polar surface area (TPSA) is 690 Å². The zero-order chi connectivity index (χ0) is 85.2. The summed E-state index contributed by atoms with van der Waals surface area (Å²) in [5, 5.41) is 75.9. The van der Waals surface area contributed by atoms with Crippen LogP contribution in [0.2, 0.25) is 0 Å². The monoisotopic (exact) mass is 1590 g/mol. The average molecular weight is 1590 g/mol. The van der Waals surface area contributed by atoms with E-state index in [4.69, 9.17) is 87.3 Å². The number of Topliss-reactive ketones (excluding diaryl/α,β-unsaturated/α-hetero) is 2. The molecule has 37 heteroatoms. The average Bonchev–Trinajstić information content (AvgIpc) is 0.965. The van der Waals surface area contributed by atoms with E-state index < -0.39 is 60.1 Å². The van der Waals surface area contributed by atoms with Gasteiger partial charge in [0.15, 0.2) is 23.8 Å². The number of unbranched alkanes of at least 4 members (excludes halogenated alkanes) is 17. The number of hydrogen-bond acceptors (Lipinski definition) is 19. The number of guanidine groups is 4. The van der Waals surface area contributed by atoms with Crippen LogP contribution >= 0.6 is 0 Å². The van der Waals surface area contributed by atoms with Gasteiger partial charge in [0.05, 0.1) is 11.5 Å². The minimum absolute atomic E-state index is 0.0158. The summed E-state index contributed by atoms with van der Waals surface area (Å²) < 4.78 is 0. The number of hydrogen-bond donors (Lipinski definition) is 21. The summed E-state index contributed by atoms with van der Waals surface area (Å²) in [6.45, 7) is 14.0. The molecule has 0 fully saturated rings. The highest BCUT2D eigenvalue weighted by Crippen LogP contribution is 2.14. The molecule has 0 aliphatic rings. The van der Waals surface area contributed by atoms with Crippen LogP contribution in [-0.4, -0.2) is 193 Å². The second-order valence-electron chi connectivity index (χ2n) is 26.7. The maximum atomic E-state index is 11.8. The smallest absolute Gasteiger partial charge is 0.326 e. The number of nitrogens with zero attached hydrogens (tertiary/aromatic N) is 4. The van der Waals surface area contributed by atoms with E-state index >= 15 is 0 Å². The van der Waals surface area contributed by atoms with Gasteiger partial charge in [-0.3, -0.25) is 43.9 Å². The number of rotatable bonds is 64. The van der Waals surface area contributed by atoms with Crippen LogP contribution < -0.4 is 78.2 Å². The van der Waals surface area contributed by atoms with Crippen molar-refractivity contribution in [1.29, 1.82) is 0 Å². The van der Waals surface area contributed by atoms with E-state index in [1.54, 1.807) is 13.8 Å². The van der Waals surface area contributed by atoms with Crippen LogP contribution in [0.25, 0.3) is 0 Å². The zero-order valence-electron chi connectivity index (χ0n) is 66.3. The lowest BCUT2D eigenvalue weighted by Gasteiger charge is -2.14. The Kier molecular flexibility index (Phi) is 74.7. The number of aliphatic hydroxyl groups excluding tert-OH is 2. The van der Waals surface area contributed by atoms with E-state index in [0.717, 1.165) is 116 Å². The number of aliphatic imine (C=N–C) groups is 4. The molecule has 0 heterocycles. The van der Waals surface area contributed by atoms with Gasteiger partial charge in [0.1, 0.15) is 41.8 Å². The largest absolute Gasteiger partial charge is 0.513 e. The Bertz CT molecular complexity index is 2780. The molecule has 30 N–H and O–H groups in total. The molecule has 640 valence electrons. The van der Waals surface area contributed by atoms with Crippen molar-refractivity contribution in [1.82, 2.24) is 26.6 Å². The molecule has 0 radical (unpaired) electrons. The highest BCUT2D eigenvalue weighted by atomic mass is 16.4. The first-order chi connectivity index (χ1) is 52.4. The molecular formula is C74H140N18O19. The fourth-order valence-corrected chi connectivity index (χ4v) is 9.98. The maximum Gasteiger partial charge on any atom is 0.326 e. The van der Waals surface area contributed by atoms with Crippen molar-refractivity contribution in [3.05, 3.63) is 24.7 Å². The van der Waals surface area contributed by atoms with Crippen LogP contribution in [-0.2, 0) is 57.5 Å². The Morgan fingerprint density at radius 2 is 0.468 bits per heavy atom. The summed E-state index contributed by atoms with van der Waals surface area (Å²) in [6.07, 6.45) is 27.3. The molecule has 0 aromatic carbocycles. The van der Waals surface area contributed by atoms with E-state index in [-0.39, 0.29) is 109 Å². The summed E-state index contributed by atoms with van der Waals surface area (Å²) in [5.74, 6) is -5.90. The van der Waals surface area contributed by atoms with Crippen LogP contribution in [0.4, 0.5) is 0 Å². The standard InChI is InChI=1S/C16H30N4O4.C15H28N4O4.C15H28N2O4.C14H26N4O4.C14H28N4O3/c1-12(21)8-5-3-2-4-6-10-14(22)20-13(15(23)24)9-7-11-19-16(17)18;1-11(20)7-4-2-3-5-9-13(21)19-12(14(22)23)8-6-10-18-15(16)17;1-12(18)8-4-2-3-5-10-14(19)17-13(15(20)21)9-6-7-11-16;1-10(19)6-3-2-4-8-12(20)18-11(13(21)22)7-5-9-17-14(15)16;1-2-3-4-5-6-9-12(19)18-11(13(20)21)8-7-10-17-14(15)16/h13,21H,1-11H2,(H,20,22)(H,23,24)(H4,17,18,19);12H,2-10H2,1H3,(H,19,21)(H,22,23)(H4,16,17,18);13H,2-11,16H2,1H3,(H,17,19)(H,20,21);11,19H,1-9H2,(H,18,20)(H,21,22)(H4,15,16,17);11H,2-10H2,1H3,(H,18,19)(H,20,21)(H4,15,16,17)/t13-;12-;13-;2*11-/m00000/s1. The molecule has 0 aliphatic heterocycles. The summed E-state index contributed by atoms with van der Waals surface area (Å²) in [6, 6.07) is -4.46. The van der Waals surface area contributed by atoms with E-state index in [1.165, 1.54) is 6.42 Å². The van der Waals surface area contributed by atoms with Crippen molar-refractivity contribution in [2.45, 2.75) is 314 Å². The zero-order valence-corrected chi connectivity index (χ0v) is 66.3. The third-order valence-corrected chi connectivity index (χ3v) is 16.0. The first-order valence-electron chi connectivity index (χ1n) is 38.7. The van der Waals surface area contributed by atoms with Gasteiger partial charge in [-0.15, -0.1) is 0 Å². The Morgan fingerprint density at radius 1 is 0.279 bits per heavy atom. The Balaban J connectivity index is -0.000000422. The van der Waals surface area contributed by atoms with E-state index in [1.807, 2.05) is 0 Å². The second kappa shape index (κ2) is 75.6. The Morgan fingerprint density at radius 3 is 0.658 bits per heavy atom. The first kappa shape index (κ1) is 110. The van der Waals surface area contributed by atoms with Crippen LogP contribution in [0.3, 0.4) is 0 Å². The number of ketones is 2. The quantitative estimate of drug-likeness (QED) is 0.0162. The number of nitrogens with two attached hydrogens (primary N) is 9. The number of allylic oxidation sites excluding steroid dienone is 2. The van der Waals surface area contributed by atoms with Gasteiger partial charge in [0.25, 0.3) is 0 Å². The molecule has 0 rings (SSSR count). The van der Waals surface area contributed by atoms with Crippen molar-refractivity contribution < 1.29 is 93.3 Å². The number of aliphatic hydroxyl groups is 2. The highest BCUT2D eigenvalue weighted by Gasteiger charge is 2.24. The van der Waals surface area contributed by atoms with Crippen molar-refractivity contribution in [3.8, 4) is 0 Å². The molecule has 5 amide bonds. The normalized spacial score (nSPS) is 11.6. The summed E-state index contributed by atoms with van der Waals surface area (Å²) in [5.41, 5.74) is 46.8. The molecule has 0 aromatic heterocycles. The van der Waals surface area contributed by atoms with Crippen molar-refractivity contribution in [2.75, 3.05) is 32.7 Å². The molecule has 0 saturated heterocycles. The van der Waals surface area contributed by atoms with Gasteiger partial charge in [0, 0.05) is 84.0 Å². The fraction of sp³-hybridized carbons (Fsp3) is 0.730. The molecule has 5 atom stereocenters. The number of carbonyl (C=O) groups excluding carboxylic acids is 7. The summed E-state index contributed by atoms with van der Waals surface area (Å²) in [4.78, 5) is 151. The predicted octanol–water partition coefficient (Wildman–Crippen LogP) is 5.17. The van der Waals surface area contributed by atoms with Gasteiger partial charge in [-0.05, 0) is 149 Å². The molecule has 111 heavy (non-hydrogen) atoms. The lowest BCUT2D eigenvalue weighted by molar-refractivity contribution is -0.142. The van der Waals surface area contributed by atoms with Gasteiger partial charge in [-0.25, -0.2) is 24.0 Å². The third kappa shape index (κ3) is 85.6. The third-order valence-electron chi connectivity index (χ3n) is 16.0. The van der Waals surface area contributed by atoms with Crippen LogP contribution in [0.5, 0.6) is 0 Å². The maximum absolute atomic E-state index is 11.8. The predicted molar refractivity (Wildman–Crippen MR) is 429 cm³/mol. The number of aliphatic carboxylic acids is 5. The van der Waals surface area contributed by atoms with Gasteiger partial charge < -0.3 is 124 Å². The molecule has 0 unspecified atom stereocenters. The number of carbonyl (C=O) groups is 12. The minimum atomic E-state index is -1.07. The molecular weight excluding hydrogens is 1440 g/mol. The van der Waals surface area contributed by atoms with Crippen LogP contribution in [0, 0.1) is 0 Å².